The third kappa shape index (κ3) is 4.27. The Labute approximate surface area is 170 Å². The average molecular weight is 406 g/mol. The van der Waals surface area contributed by atoms with Crippen LogP contribution in [0.25, 0.3) is 11.0 Å². The molecule has 0 spiro atoms. The molecular weight excluding hydrogens is 388 g/mol. The average Bonchev–Trinajstić information content (AvgIpc) is 3.36. The molecule has 0 atom stereocenters. The van der Waals surface area contributed by atoms with Crippen molar-refractivity contribution in [3.63, 3.8) is 0 Å². The highest BCUT2D eigenvalue weighted by Crippen LogP contribution is 2.25. The number of furan rings is 1. The van der Waals surface area contributed by atoms with Gasteiger partial charge >= 0.3 is 6.03 Å². The fourth-order valence-corrected chi connectivity index (χ4v) is 3.71. The second-order valence-corrected chi connectivity index (χ2v) is 7.42. The molecule has 0 fully saturated rings. The van der Waals surface area contributed by atoms with Gasteiger partial charge in [-0.2, -0.15) is 0 Å². The first kappa shape index (κ1) is 18.7. The molecule has 0 aliphatic heterocycles. The Hall–Kier alpha value is -3.65. The summed E-state index contributed by atoms with van der Waals surface area (Å²) < 4.78 is 5.42. The maximum Gasteiger partial charge on any atom is 0.318 e. The highest BCUT2D eigenvalue weighted by atomic mass is 32.1. The number of rotatable bonds is 5. The number of para-hydroxylation sites is 1. The second-order valence-electron chi connectivity index (χ2n) is 6.31. The van der Waals surface area contributed by atoms with Gasteiger partial charge in [-0.15, -0.1) is 11.3 Å². The number of carbonyl (C=O) groups is 2. The molecular formula is C21H18N4O3S. The van der Waals surface area contributed by atoms with Gasteiger partial charge in [0.05, 0.1) is 5.56 Å². The molecule has 8 heteroatoms. The summed E-state index contributed by atoms with van der Waals surface area (Å²) in [6.07, 6.45) is 3.90. The van der Waals surface area contributed by atoms with Gasteiger partial charge in [0.25, 0.3) is 5.91 Å². The molecule has 29 heavy (non-hydrogen) atoms. The molecule has 7 nitrogen and oxygen atoms in total. The zero-order chi connectivity index (χ0) is 20.2. The van der Waals surface area contributed by atoms with Gasteiger partial charge in [0, 0.05) is 35.6 Å². The molecule has 0 aliphatic rings. The fourth-order valence-electron chi connectivity index (χ4n) is 2.87. The Morgan fingerprint density at radius 3 is 2.66 bits per heavy atom. The number of hydrogen-bond donors (Lipinski definition) is 3. The van der Waals surface area contributed by atoms with Crippen molar-refractivity contribution in [2.24, 2.45) is 0 Å². The zero-order valence-corrected chi connectivity index (χ0v) is 16.4. The summed E-state index contributed by atoms with van der Waals surface area (Å²) in [5.74, 6) is -0.250. The van der Waals surface area contributed by atoms with Gasteiger partial charge < -0.3 is 15.1 Å². The smallest absolute Gasteiger partial charge is 0.318 e. The van der Waals surface area contributed by atoms with Crippen LogP contribution in [-0.4, -0.2) is 24.0 Å². The lowest BCUT2D eigenvalue weighted by Gasteiger charge is -2.05. The second kappa shape index (κ2) is 8.15. The number of urea groups is 1. The first-order valence-electron chi connectivity index (χ1n) is 8.92. The Morgan fingerprint density at radius 2 is 1.86 bits per heavy atom. The minimum atomic E-state index is -0.258. The van der Waals surface area contributed by atoms with Crippen LogP contribution in [0.4, 0.5) is 15.6 Å². The van der Waals surface area contributed by atoms with E-state index in [1.165, 1.54) is 17.6 Å². The van der Waals surface area contributed by atoms with Crippen molar-refractivity contribution in [1.29, 1.82) is 0 Å². The van der Waals surface area contributed by atoms with Crippen molar-refractivity contribution < 1.29 is 14.0 Å². The van der Waals surface area contributed by atoms with Crippen LogP contribution in [0.3, 0.4) is 0 Å². The summed E-state index contributed by atoms with van der Waals surface area (Å²) in [4.78, 5) is 29.2. The number of anilines is 2. The number of aromatic nitrogens is 1. The van der Waals surface area contributed by atoms with E-state index in [4.69, 9.17) is 4.42 Å². The highest BCUT2D eigenvalue weighted by Gasteiger charge is 2.15. The van der Waals surface area contributed by atoms with Gasteiger partial charge in [-0.3, -0.25) is 10.1 Å². The third-order valence-electron chi connectivity index (χ3n) is 4.32. The summed E-state index contributed by atoms with van der Waals surface area (Å²) >= 11 is 1.42. The van der Waals surface area contributed by atoms with Crippen molar-refractivity contribution in [2.75, 3.05) is 17.7 Å². The number of nitrogens with one attached hydrogen (secondary N) is 3. The van der Waals surface area contributed by atoms with Gasteiger partial charge in [-0.25, -0.2) is 9.78 Å². The molecule has 0 saturated carbocycles. The lowest BCUT2D eigenvalue weighted by Crippen LogP contribution is -2.24. The van der Waals surface area contributed by atoms with E-state index in [9.17, 15) is 9.59 Å². The van der Waals surface area contributed by atoms with Gasteiger partial charge in [-0.1, -0.05) is 30.3 Å². The van der Waals surface area contributed by atoms with Crippen LogP contribution in [0.2, 0.25) is 0 Å². The van der Waals surface area contributed by atoms with Gasteiger partial charge in [-0.05, 0) is 23.8 Å². The molecule has 3 N–H and O–H groups in total. The van der Waals surface area contributed by atoms with Crippen LogP contribution in [-0.2, 0) is 6.42 Å². The number of thiazole rings is 1. The standard InChI is InChI=1S/C21H18N4O3S/c1-22-20(27)24-14-8-6-13(7-9-14)10-15-11-23-21(29-15)25-19(26)17-12-28-18-5-3-2-4-16(17)18/h2-9,11-12H,10H2,1H3,(H2,22,24,27)(H,23,25,26). The highest BCUT2D eigenvalue weighted by molar-refractivity contribution is 7.15. The molecule has 0 saturated heterocycles. The molecule has 2 heterocycles. The number of carbonyl (C=O) groups excluding carboxylic acids is 2. The molecule has 4 rings (SSSR count). The van der Waals surface area contributed by atoms with Crippen molar-refractivity contribution in [1.82, 2.24) is 10.3 Å². The molecule has 3 amide bonds. The van der Waals surface area contributed by atoms with Crippen LogP contribution in [0.1, 0.15) is 20.8 Å². The van der Waals surface area contributed by atoms with E-state index >= 15 is 0 Å². The summed E-state index contributed by atoms with van der Waals surface area (Å²) in [6.45, 7) is 0. The third-order valence-corrected chi connectivity index (χ3v) is 5.23. The molecule has 4 aromatic rings. The predicted molar refractivity (Wildman–Crippen MR) is 114 cm³/mol. The normalized spacial score (nSPS) is 10.7. The summed E-state index contributed by atoms with van der Waals surface area (Å²) in [5, 5.41) is 9.37. The lowest BCUT2D eigenvalue weighted by molar-refractivity contribution is 0.102. The largest absolute Gasteiger partial charge is 0.463 e. The molecule has 0 unspecified atom stereocenters. The molecule has 0 radical (unpaired) electrons. The van der Waals surface area contributed by atoms with E-state index in [0.717, 1.165) is 21.5 Å². The van der Waals surface area contributed by atoms with E-state index in [1.807, 2.05) is 48.5 Å². The maximum absolute atomic E-state index is 12.6. The first-order valence-corrected chi connectivity index (χ1v) is 9.74. The summed E-state index contributed by atoms with van der Waals surface area (Å²) in [6, 6.07) is 14.7. The Kier molecular flexibility index (Phi) is 5.26. The molecule has 0 aliphatic carbocycles. The SMILES string of the molecule is CNC(=O)Nc1ccc(Cc2cnc(NC(=O)c3coc4ccccc34)s2)cc1. The number of amides is 3. The predicted octanol–water partition coefficient (Wildman–Crippen LogP) is 4.48. The van der Waals surface area contributed by atoms with Crippen LogP contribution >= 0.6 is 11.3 Å². The van der Waals surface area contributed by atoms with Crippen LogP contribution in [0.5, 0.6) is 0 Å². The molecule has 2 aromatic heterocycles. The van der Waals surface area contributed by atoms with Crippen LogP contribution < -0.4 is 16.0 Å². The van der Waals surface area contributed by atoms with Crippen LogP contribution in [0, 0.1) is 0 Å². The maximum atomic E-state index is 12.6. The van der Waals surface area contributed by atoms with E-state index < -0.39 is 0 Å². The van der Waals surface area contributed by atoms with Crippen molar-refractivity contribution in [3.05, 3.63) is 77.0 Å². The summed E-state index contributed by atoms with van der Waals surface area (Å²) in [7, 11) is 1.57. The molecule has 0 bridgehead atoms. The van der Waals surface area contributed by atoms with E-state index in [-0.39, 0.29) is 11.9 Å². The number of nitrogens with zero attached hydrogens (tertiary/aromatic N) is 1. The topological polar surface area (TPSA) is 96.3 Å². The first-order chi connectivity index (χ1) is 14.1. The Bertz CT molecular complexity index is 1160. The van der Waals surface area contributed by atoms with Crippen molar-refractivity contribution >= 4 is 45.1 Å². The van der Waals surface area contributed by atoms with E-state index in [1.54, 1.807) is 13.2 Å². The number of benzene rings is 2. The lowest BCUT2D eigenvalue weighted by atomic mass is 10.1. The zero-order valence-electron chi connectivity index (χ0n) is 15.6. The quantitative estimate of drug-likeness (QED) is 0.455. The fraction of sp³-hybridized carbons (Fsp3) is 0.0952. The van der Waals surface area contributed by atoms with Crippen LogP contribution in [0.15, 0.2) is 65.4 Å². The van der Waals surface area contributed by atoms with Gasteiger partial charge in [0.1, 0.15) is 11.8 Å². The minimum absolute atomic E-state index is 0.250. The monoisotopic (exact) mass is 406 g/mol. The van der Waals surface area contributed by atoms with E-state index in [0.29, 0.717) is 22.7 Å². The Morgan fingerprint density at radius 1 is 1.07 bits per heavy atom. The Balaban J connectivity index is 1.41. The van der Waals surface area contributed by atoms with Crippen molar-refractivity contribution in [3.8, 4) is 0 Å². The minimum Gasteiger partial charge on any atom is -0.463 e. The number of fused-ring (bicyclic) bond motifs is 1. The van der Waals surface area contributed by atoms with Gasteiger partial charge in [0.15, 0.2) is 5.13 Å². The number of hydrogen-bond acceptors (Lipinski definition) is 5. The summed E-state index contributed by atoms with van der Waals surface area (Å²) in [5.41, 5.74) is 2.95. The van der Waals surface area contributed by atoms with Gasteiger partial charge in [0.2, 0.25) is 0 Å². The molecule has 2 aromatic carbocycles. The molecule has 146 valence electrons. The van der Waals surface area contributed by atoms with Crippen molar-refractivity contribution in [2.45, 2.75) is 6.42 Å². The van der Waals surface area contributed by atoms with E-state index in [2.05, 4.69) is 20.9 Å².